The van der Waals surface area contributed by atoms with Crippen molar-refractivity contribution in [2.24, 2.45) is 0 Å². The number of carbonyl (C=O) groups is 1. The smallest absolute Gasteiger partial charge is 0.335 e. The number of benzene rings is 5. The zero-order chi connectivity index (χ0) is 50.6. The van der Waals surface area contributed by atoms with E-state index in [-0.39, 0.29) is 5.56 Å². The van der Waals surface area contributed by atoms with E-state index in [4.69, 9.17) is 15.0 Å². The van der Waals surface area contributed by atoms with Crippen LogP contribution in [0.2, 0.25) is 0 Å². The van der Waals surface area contributed by atoms with Gasteiger partial charge in [-0.1, -0.05) is 82.9 Å². The van der Waals surface area contributed by atoms with Gasteiger partial charge in [-0.15, -0.1) is 0 Å². The van der Waals surface area contributed by atoms with Crippen LogP contribution >= 0.6 is 0 Å². The number of aromatic amines is 3. The molecule has 72 heavy (non-hydrogen) atoms. The largest absolute Gasteiger partial charge is 0.478 e. The van der Waals surface area contributed by atoms with Crippen molar-refractivity contribution in [1.29, 1.82) is 0 Å². The van der Waals surface area contributed by atoms with Gasteiger partial charge in [-0.25, -0.2) is 19.7 Å². The van der Waals surface area contributed by atoms with Gasteiger partial charge in [0.25, 0.3) is 0 Å². The van der Waals surface area contributed by atoms with E-state index in [9.17, 15) is 9.90 Å². The minimum atomic E-state index is -0.981. The van der Waals surface area contributed by atoms with E-state index in [0.717, 1.165) is 128 Å². The molecule has 0 atom stereocenters. The fourth-order valence-electron chi connectivity index (χ4n) is 12.1. The Morgan fingerprint density at radius 3 is 1.10 bits per heavy atom. The van der Waals surface area contributed by atoms with Crippen LogP contribution in [0.15, 0.2) is 84.9 Å². The van der Waals surface area contributed by atoms with Crippen LogP contribution in [0.5, 0.6) is 0 Å². The Kier molecular flexibility index (Phi) is 11.0. The van der Waals surface area contributed by atoms with Gasteiger partial charge in [0.15, 0.2) is 0 Å². The van der Waals surface area contributed by atoms with E-state index in [2.05, 4.69) is 183 Å². The zero-order valence-electron chi connectivity index (χ0n) is 43.1. The molecule has 6 heterocycles. The Balaban J connectivity index is 1.43. The molecule has 0 spiro atoms. The van der Waals surface area contributed by atoms with Crippen LogP contribution in [-0.4, -0.2) is 41.0 Å². The molecule has 0 amide bonds. The number of fused-ring (bicyclic) bond motifs is 11. The van der Waals surface area contributed by atoms with Crippen LogP contribution < -0.4 is 0 Å². The lowest BCUT2D eigenvalue weighted by Gasteiger charge is -2.15. The van der Waals surface area contributed by atoms with Crippen LogP contribution in [0.25, 0.3) is 113 Å². The van der Waals surface area contributed by atoms with E-state index < -0.39 is 5.97 Å². The molecule has 4 aromatic heterocycles. The molecule has 0 fully saturated rings. The number of carboxylic acid groups (broad SMARTS) is 1. The standard InChI is InChI=1S/C64H58N6O2/c1-31-23-35(5)51(36(6)24-31)55-45-17-18-46(65-45)56(52-37(7)25-32(2)26-38(52)8)48-20-22-50(67-48)58(54-41(11)29-34(4)30-42(54)12)60-62-61(69-63(70-62)43-13-15-44(16-14-43)64(71)72)59(68-60)57(49-21-19-47(55)66-49)53-39(9)27-33(3)28-40(53)10/h13-30,65,68H,1-12H3,(H,69,70)(H,71,72). The van der Waals surface area contributed by atoms with Gasteiger partial charge in [0.2, 0.25) is 0 Å². The fourth-order valence-corrected chi connectivity index (χ4v) is 12.1. The van der Waals surface area contributed by atoms with Gasteiger partial charge in [0.05, 0.1) is 44.9 Å². The summed E-state index contributed by atoms with van der Waals surface area (Å²) in [7, 11) is 0. The number of aryl methyl sites for hydroxylation is 12. The molecule has 8 bridgehead atoms. The zero-order valence-corrected chi connectivity index (χ0v) is 43.1. The number of nitrogens with one attached hydrogen (secondary N) is 3. The number of nitrogens with zero attached hydrogens (tertiary/aromatic N) is 3. The molecular weight excluding hydrogens is 885 g/mol. The second-order valence-electron chi connectivity index (χ2n) is 20.4. The van der Waals surface area contributed by atoms with Crippen molar-refractivity contribution in [2.75, 3.05) is 0 Å². The van der Waals surface area contributed by atoms with E-state index in [1.54, 1.807) is 12.1 Å². The molecule has 9 aromatic rings. The van der Waals surface area contributed by atoms with E-state index in [1.165, 1.54) is 44.5 Å². The third-order valence-electron chi connectivity index (χ3n) is 14.6. The Labute approximate surface area is 420 Å². The predicted octanol–water partition coefficient (Wildman–Crippen LogP) is 16.3. The Morgan fingerprint density at radius 1 is 0.375 bits per heavy atom. The van der Waals surface area contributed by atoms with Crippen LogP contribution in [0, 0.1) is 83.1 Å². The van der Waals surface area contributed by atoms with Crippen molar-refractivity contribution in [3.8, 4) is 55.9 Å². The van der Waals surface area contributed by atoms with Gasteiger partial charge in [-0.2, -0.15) is 0 Å². The molecular formula is C64H58N6O2. The van der Waals surface area contributed by atoms with Gasteiger partial charge in [0, 0.05) is 38.9 Å². The van der Waals surface area contributed by atoms with Crippen molar-refractivity contribution in [1.82, 2.24) is 29.9 Å². The second kappa shape index (κ2) is 17.2. The highest BCUT2D eigenvalue weighted by Gasteiger charge is 2.27. The molecule has 0 saturated heterocycles. The second-order valence-corrected chi connectivity index (χ2v) is 20.4. The summed E-state index contributed by atoms with van der Waals surface area (Å²) in [5, 5.41) is 9.85. The third kappa shape index (κ3) is 7.60. The van der Waals surface area contributed by atoms with E-state index in [0.29, 0.717) is 5.82 Å². The van der Waals surface area contributed by atoms with Crippen LogP contribution in [0.1, 0.15) is 99.9 Å². The van der Waals surface area contributed by atoms with Gasteiger partial charge in [0.1, 0.15) is 11.3 Å². The van der Waals surface area contributed by atoms with Crippen LogP contribution in [-0.2, 0) is 0 Å². The number of aromatic carboxylic acids is 1. The van der Waals surface area contributed by atoms with Gasteiger partial charge in [-0.3, -0.25) is 0 Å². The molecule has 0 aliphatic carbocycles. The Bertz CT molecular complexity index is 3750. The Morgan fingerprint density at radius 2 is 0.722 bits per heavy atom. The lowest BCUT2D eigenvalue weighted by atomic mass is 9.92. The van der Waals surface area contributed by atoms with Crippen molar-refractivity contribution in [3.05, 3.63) is 180 Å². The number of hydrogen-bond acceptors (Lipinski definition) is 4. The van der Waals surface area contributed by atoms with Crippen molar-refractivity contribution in [3.63, 3.8) is 0 Å². The summed E-state index contributed by atoms with van der Waals surface area (Å²) in [5.74, 6) is -0.364. The monoisotopic (exact) mass is 942 g/mol. The predicted molar refractivity (Wildman–Crippen MR) is 299 cm³/mol. The number of rotatable bonds is 6. The molecule has 356 valence electrons. The first-order chi connectivity index (χ1) is 34.4. The quantitative estimate of drug-likeness (QED) is 0.132. The number of aromatic nitrogens is 6. The molecule has 8 nitrogen and oxygen atoms in total. The molecule has 0 radical (unpaired) electrons. The summed E-state index contributed by atoms with van der Waals surface area (Å²) >= 11 is 0. The highest BCUT2D eigenvalue weighted by atomic mass is 16.4. The molecule has 0 saturated carbocycles. The van der Waals surface area contributed by atoms with Gasteiger partial charge in [-0.05, 0) is 198 Å². The maximum absolute atomic E-state index is 12.0. The van der Waals surface area contributed by atoms with E-state index >= 15 is 0 Å². The summed E-state index contributed by atoms with van der Waals surface area (Å²) in [4.78, 5) is 40.8. The molecule has 2 aliphatic rings. The minimum absolute atomic E-state index is 0.208. The first-order valence-corrected chi connectivity index (χ1v) is 24.7. The maximum atomic E-state index is 12.0. The summed E-state index contributed by atoms with van der Waals surface area (Å²) in [6.07, 6.45) is 8.67. The van der Waals surface area contributed by atoms with Crippen molar-refractivity contribution >= 4 is 63.4 Å². The SMILES string of the molecule is Cc1cc(C)c(-c2c3nc(c(-c4c(C)cc(C)cc4C)c4[nH]c(c(-c5c(C)cc(C)cc5C)c5nc(c(-c6c(C)cc(C)cc6C)c6ccc2[nH]6)C=C5)c2[nH]c(-c5ccc(C(=O)O)cc5)nc42)C=C3)c(C)c1. The van der Waals surface area contributed by atoms with E-state index in [1.807, 2.05) is 12.1 Å². The topological polar surface area (TPSA) is 123 Å². The van der Waals surface area contributed by atoms with Crippen LogP contribution in [0.4, 0.5) is 0 Å². The summed E-state index contributed by atoms with van der Waals surface area (Å²) in [6, 6.07) is 29.4. The normalized spacial score (nSPS) is 12.2. The highest BCUT2D eigenvalue weighted by Crippen LogP contribution is 2.45. The number of H-pyrrole nitrogens is 3. The summed E-state index contributed by atoms with van der Waals surface area (Å²) < 4.78 is 0. The molecule has 0 unspecified atom stereocenters. The van der Waals surface area contributed by atoms with Crippen molar-refractivity contribution < 1.29 is 9.90 Å². The third-order valence-corrected chi connectivity index (χ3v) is 14.6. The lowest BCUT2D eigenvalue weighted by Crippen LogP contribution is -1.97. The first-order valence-electron chi connectivity index (χ1n) is 24.7. The maximum Gasteiger partial charge on any atom is 0.335 e. The average molecular weight is 943 g/mol. The summed E-state index contributed by atoms with van der Waals surface area (Å²) in [6.45, 7) is 26.1. The Hall–Kier alpha value is -8.36. The number of hydrogen-bond donors (Lipinski definition) is 4. The molecule has 2 aliphatic heterocycles. The number of imidazole rings is 1. The molecule has 8 heteroatoms. The molecule has 4 N–H and O–H groups in total. The fraction of sp³-hybridized carbons (Fsp3) is 0.188. The number of carboxylic acids is 1. The summed E-state index contributed by atoms with van der Waals surface area (Å²) in [5.41, 5.74) is 31.7. The van der Waals surface area contributed by atoms with Gasteiger partial charge < -0.3 is 20.1 Å². The highest BCUT2D eigenvalue weighted by molar-refractivity contribution is 6.15. The molecule has 5 aromatic carbocycles. The van der Waals surface area contributed by atoms with Crippen molar-refractivity contribution in [2.45, 2.75) is 83.1 Å². The average Bonchev–Trinajstić information content (AvgIpc) is 4.16. The van der Waals surface area contributed by atoms with Gasteiger partial charge >= 0.3 is 5.97 Å². The lowest BCUT2D eigenvalue weighted by molar-refractivity contribution is 0.0697. The first kappa shape index (κ1) is 46.0. The van der Waals surface area contributed by atoms with Crippen LogP contribution in [0.3, 0.4) is 0 Å². The molecule has 11 rings (SSSR count). The minimum Gasteiger partial charge on any atom is -0.478 e.